The molecule has 0 saturated heterocycles. The molecule has 0 amide bonds. The molecule has 0 aromatic heterocycles. The van der Waals surface area contributed by atoms with Crippen LogP contribution in [0.25, 0.3) is 0 Å². The quantitative estimate of drug-likeness (QED) is 0.670. The fourth-order valence-electron chi connectivity index (χ4n) is 2.78. The zero-order chi connectivity index (χ0) is 16.8. The van der Waals surface area contributed by atoms with Crippen LogP contribution in [0.2, 0.25) is 5.02 Å². The summed E-state index contributed by atoms with van der Waals surface area (Å²) in [4.78, 5) is 0. The van der Waals surface area contributed by atoms with E-state index in [0.717, 1.165) is 21.7 Å². The molecule has 122 valence electrons. The van der Waals surface area contributed by atoms with E-state index in [1.807, 2.05) is 84.9 Å². The molecule has 3 rings (SSSR count). The lowest BCUT2D eigenvalue weighted by Gasteiger charge is -2.25. The summed E-state index contributed by atoms with van der Waals surface area (Å²) < 4.78 is 0. The molecule has 0 unspecified atom stereocenters. The van der Waals surface area contributed by atoms with Gasteiger partial charge in [-0.3, -0.25) is 0 Å². The monoisotopic (exact) mass is 337 g/mol. The minimum absolute atomic E-state index is 0.218. The van der Waals surface area contributed by atoms with Crippen molar-refractivity contribution in [2.75, 3.05) is 0 Å². The van der Waals surface area contributed by atoms with Crippen molar-refractivity contribution in [1.82, 2.24) is 5.32 Å². The van der Waals surface area contributed by atoms with Gasteiger partial charge in [-0.15, -0.1) is 0 Å². The number of hydrogen-bond donors (Lipinski definition) is 2. The van der Waals surface area contributed by atoms with Crippen molar-refractivity contribution in [2.24, 2.45) is 0 Å². The summed E-state index contributed by atoms with van der Waals surface area (Å²) in [7, 11) is 0. The van der Waals surface area contributed by atoms with Crippen molar-refractivity contribution < 1.29 is 5.11 Å². The van der Waals surface area contributed by atoms with Crippen LogP contribution >= 0.6 is 11.6 Å². The minimum atomic E-state index is -0.643. The first-order valence-electron chi connectivity index (χ1n) is 8.00. The van der Waals surface area contributed by atoms with E-state index >= 15 is 0 Å². The van der Waals surface area contributed by atoms with Crippen LogP contribution in [0.1, 0.15) is 28.8 Å². The topological polar surface area (TPSA) is 32.3 Å². The van der Waals surface area contributed by atoms with Crippen LogP contribution in [0, 0.1) is 0 Å². The van der Waals surface area contributed by atoms with E-state index in [1.54, 1.807) is 0 Å². The molecule has 2 atom stereocenters. The molecule has 2 nitrogen and oxygen atoms in total. The van der Waals surface area contributed by atoms with Gasteiger partial charge < -0.3 is 10.4 Å². The highest BCUT2D eigenvalue weighted by Crippen LogP contribution is 2.29. The normalized spacial score (nSPS) is 13.4. The molecule has 0 radical (unpaired) electrons. The second-order valence-corrected chi connectivity index (χ2v) is 6.12. The molecule has 0 fully saturated rings. The molecular weight excluding hydrogens is 318 g/mol. The van der Waals surface area contributed by atoms with E-state index in [9.17, 15) is 5.11 Å². The Morgan fingerprint density at radius 3 is 1.92 bits per heavy atom. The number of halogens is 1. The molecule has 3 heteroatoms. The van der Waals surface area contributed by atoms with Crippen LogP contribution in [0.4, 0.5) is 0 Å². The second-order valence-electron chi connectivity index (χ2n) is 5.72. The highest BCUT2D eigenvalue weighted by Gasteiger charge is 2.22. The van der Waals surface area contributed by atoms with Gasteiger partial charge in [-0.2, -0.15) is 0 Å². The van der Waals surface area contributed by atoms with Crippen LogP contribution in [0.15, 0.2) is 84.9 Å². The molecule has 0 spiro atoms. The molecule has 0 aliphatic heterocycles. The first-order chi connectivity index (χ1) is 11.8. The summed E-state index contributed by atoms with van der Waals surface area (Å²) in [5.41, 5.74) is 2.94. The molecular formula is C21H20ClNO. The van der Waals surface area contributed by atoms with E-state index in [2.05, 4.69) is 5.32 Å². The summed E-state index contributed by atoms with van der Waals surface area (Å²) in [6, 6.07) is 27.2. The smallest absolute Gasteiger partial charge is 0.0984 e. The third kappa shape index (κ3) is 4.04. The maximum absolute atomic E-state index is 10.9. The zero-order valence-corrected chi connectivity index (χ0v) is 14.0. The number of aliphatic hydroxyl groups excluding tert-OH is 1. The Bertz CT molecular complexity index is 761. The predicted molar refractivity (Wildman–Crippen MR) is 98.9 cm³/mol. The summed E-state index contributed by atoms with van der Waals surface area (Å²) in [6.07, 6.45) is -0.643. The highest BCUT2D eigenvalue weighted by molar-refractivity contribution is 6.31. The van der Waals surface area contributed by atoms with Gasteiger partial charge in [-0.1, -0.05) is 90.5 Å². The largest absolute Gasteiger partial charge is 0.386 e. The number of benzene rings is 3. The van der Waals surface area contributed by atoms with Crippen molar-refractivity contribution in [2.45, 2.75) is 18.7 Å². The van der Waals surface area contributed by atoms with Crippen LogP contribution in [0.3, 0.4) is 0 Å². The molecule has 24 heavy (non-hydrogen) atoms. The Morgan fingerprint density at radius 2 is 1.29 bits per heavy atom. The molecule has 3 aromatic carbocycles. The SMILES string of the molecule is O[C@@H](c1ccccc1)[C@H](NCc1ccccc1Cl)c1ccccc1. The number of nitrogens with one attached hydrogen (secondary N) is 1. The Hall–Kier alpha value is -2.13. The average Bonchev–Trinajstić information content (AvgIpc) is 2.65. The Kier molecular flexibility index (Phi) is 5.65. The van der Waals surface area contributed by atoms with Crippen LogP contribution in [-0.2, 0) is 6.54 Å². The second kappa shape index (κ2) is 8.11. The lowest BCUT2D eigenvalue weighted by molar-refractivity contribution is 0.127. The zero-order valence-electron chi connectivity index (χ0n) is 13.3. The maximum atomic E-state index is 10.9. The van der Waals surface area contributed by atoms with E-state index in [0.29, 0.717) is 6.54 Å². The molecule has 0 saturated carbocycles. The van der Waals surface area contributed by atoms with Crippen molar-refractivity contribution in [3.8, 4) is 0 Å². The van der Waals surface area contributed by atoms with Crippen molar-refractivity contribution in [1.29, 1.82) is 0 Å². The number of aliphatic hydroxyl groups is 1. The van der Waals surface area contributed by atoms with Crippen molar-refractivity contribution in [3.05, 3.63) is 107 Å². The summed E-state index contributed by atoms with van der Waals surface area (Å²) >= 11 is 6.25. The summed E-state index contributed by atoms with van der Waals surface area (Å²) in [5, 5.41) is 15.1. The lowest BCUT2D eigenvalue weighted by atomic mass is 9.95. The van der Waals surface area contributed by atoms with Crippen molar-refractivity contribution >= 4 is 11.6 Å². The molecule has 0 heterocycles. The molecule has 3 aromatic rings. The predicted octanol–water partition coefficient (Wildman–Crippen LogP) is 4.90. The van der Waals surface area contributed by atoms with Crippen LogP contribution in [-0.4, -0.2) is 5.11 Å². The molecule has 0 aliphatic rings. The third-order valence-corrected chi connectivity index (χ3v) is 4.45. The van der Waals surface area contributed by atoms with Gasteiger partial charge in [0.25, 0.3) is 0 Å². The van der Waals surface area contributed by atoms with E-state index in [1.165, 1.54) is 0 Å². The van der Waals surface area contributed by atoms with E-state index in [4.69, 9.17) is 11.6 Å². The summed E-state index contributed by atoms with van der Waals surface area (Å²) in [6.45, 7) is 0.586. The Morgan fingerprint density at radius 1 is 0.750 bits per heavy atom. The lowest BCUT2D eigenvalue weighted by Crippen LogP contribution is -2.27. The van der Waals surface area contributed by atoms with Gasteiger partial charge in [-0.25, -0.2) is 0 Å². The average molecular weight is 338 g/mol. The van der Waals surface area contributed by atoms with Crippen molar-refractivity contribution in [3.63, 3.8) is 0 Å². The molecule has 2 N–H and O–H groups in total. The van der Waals surface area contributed by atoms with Crippen LogP contribution in [0.5, 0.6) is 0 Å². The Labute approximate surface area is 147 Å². The fourth-order valence-corrected chi connectivity index (χ4v) is 2.98. The Balaban J connectivity index is 1.84. The highest BCUT2D eigenvalue weighted by atomic mass is 35.5. The molecule has 0 aliphatic carbocycles. The minimum Gasteiger partial charge on any atom is -0.386 e. The summed E-state index contributed by atoms with van der Waals surface area (Å²) in [5.74, 6) is 0. The van der Waals surface area contributed by atoms with E-state index in [-0.39, 0.29) is 6.04 Å². The van der Waals surface area contributed by atoms with Gasteiger partial charge in [0.2, 0.25) is 0 Å². The van der Waals surface area contributed by atoms with Crippen LogP contribution < -0.4 is 5.32 Å². The van der Waals surface area contributed by atoms with Gasteiger partial charge in [0.05, 0.1) is 12.1 Å². The standard InChI is InChI=1S/C21H20ClNO/c22-19-14-8-7-13-18(19)15-23-20(16-9-3-1-4-10-16)21(24)17-11-5-2-6-12-17/h1-14,20-21,23-24H,15H2/t20-,21+/m1/s1. The van der Waals surface area contributed by atoms with E-state index < -0.39 is 6.10 Å². The van der Waals surface area contributed by atoms with Gasteiger partial charge in [0, 0.05) is 11.6 Å². The fraction of sp³-hybridized carbons (Fsp3) is 0.143. The van der Waals surface area contributed by atoms with Gasteiger partial charge in [0.15, 0.2) is 0 Å². The van der Waals surface area contributed by atoms with Gasteiger partial charge in [0.1, 0.15) is 0 Å². The first kappa shape index (κ1) is 16.7. The maximum Gasteiger partial charge on any atom is 0.0984 e. The number of rotatable bonds is 6. The molecule has 0 bridgehead atoms. The number of hydrogen-bond acceptors (Lipinski definition) is 2. The first-order valence-corrected chi connectivity index (χ1v) is 8.38. The van der Waals surface area contributed by atoms with Gasteiger partial charge in [-0.05, 0) is 22.8 Å². The van der Waals surface area contributed by atoms with Gasteiger partial charge >= 0.3 is 0 Å². The third-order valence-electron chi connectivity index (χ3n) is 4.09.